The van der Waals surface area contributed by atoms with Gasteiger partial charge >= 0.3 is 0 Å². The molecule has 0 bridgehead atoms. The van der Waals surface area contributed by atoms with Crippen LogP contribution in [0.3, 0.4) is 0 Å². The van der Waals surface area contributed by atoms with Crippen LogP contribution in [0.2, 0.25) is 5.02 Å². The number of benzene rings is 2. The summed E-state index contributed by atoms with van der Waals surface area (Å²) in [6, 6.07) is 17.6. The molecule has 2 heterocycles. The maximum atomic E-state index is 12.3. The van der Waals surface area contributed by atoms with Gasteiger partial charge in [0.15, 0.2) is 0 Å². The molecule has 2 aromatic carbocycles. The van der Waals surface area contributed by atoms with Crippen LogP contribution >= 0.6 is 23.4 Å². The van der Waals surface area contributed by atoms with Crippen molar-refractivity contribution in [2.75, 3.05) is 12.3 Å². The van der Waals surface area contributed by atoms with E-state index in [9.17, 15) is 4.79 Å². The van der Waals surface area contributed by atoms with Crippen LogP contribution in [0.15, 0.2) is 59.6 Å². The van der Waals surface area contributed by atoms with E-state index >= 15 is 0 Å². The Morgan fingerprint density at radius 1 is 1.06 bits per heavy atom. The number of aromatic nitrogens is 4. The third kappa shape index (κ3) is 4.73. The summed E-state index contributed by atoms with van der Waals surface area (Å²) in [7, 11) is 0. The molecule has 0 unspecified atom stereocenters. The number of nitrogens with zero attached hydrogens (tertiary/aromatic N) is 4. The van der Waals surface area contributed by atoms with Crippen molar-refractivity contribution < 1.29 is 4.79 Å². The molecular weight excluding hydrogens is 430 g/mol. The summed E-state index contributed by atoms with van der Waals surface area (Å²) in [4.78, 5) is 12.3. The predicted molar refractivity (Wildman–Crippen MR) is 125 cm³/mol. The van der Waals surface area contributed by atoms with E-state index in [2.05, 4.69) is 15.5 Å². The zero-order chi connectivity index (χ0) is 21.8. The molecule has 158 valence electrons. The third-order valence-corrected chi connectivity index (χ3v) is 6.31. The molecule has 2 aromatic heterocycles. The minimum absolute atomic E-state index is 0.0632. The van der Waals surface area contributed by atoms with Crippen molar-refractivity contribution in [3.8, 4) is 5.69 Å². The number of fused-ring (bicyclic) bond motifs is 1. The molecule has 0 saturated carbocycles. The topological polar surface area (TPSA) is 72.7 Å². The van der Waals surface area contributed by atoms with Gasteiger partial charge in [-0.05, 0) is 44.0 Å². The number of halogens is 1. The Hall–Kier alpha value is -2.90. The summed E-state index contributed by atoms with van der Waals surface area (Å²) in [5, 5.41) is 18.7. The standard InChI is InChI=1S/C23H22ClN5OS/c1-15-21-16(2)29(18-9-4-3-5-10-18)28-22(21)23(27-26-15)31-14-20(30)25-13-12-17-8-6-7-11-19(17)24/h3-11H,12-14H2,1-2H3,(H,25,30). The smallest absolute Gasteiger partial charge is 0.230 e. The van der Waals surface area contributed by atoms with Gasteiger partial charge in [0.2, 0.25) is 5.91 Å². The average molecular weight is 452 g/mol. The number of para-hydroxylation sites is 1. The number of hydrogen-bond donors (Lipinski definition) is 1. The molecule has 0 atom stereocenters. The quantitative estimate of drug-likeness (QED) is 0.418. The van der Waals surface area contributed by atoms with E-state index in [4.69, 9.17) is 16.7 Å². The SMILES string of the molecule is Cc1nnc(SCC(=O)NCCc2ccccc2Cl)c2nn(-c3ccccc3)c(C)c12. The van der Waals surface area contributed by atoms with Crippen LogP contribution in [0.4, 0.5) is 0 Å². The van der Waals surface area contributed by atoms with Gasteiger partial charge in [0.1, 0.15) is 10.5 Å². The Balaban J connectivity index is 1.45. The van der Waals surface area contributed by atoms with E-state index in [0.717, 1.165) is 33.5 Å². The number of nitrogens with one attached hydrogen (secondary N) is 1. The van der Waals surface area contributed by atoms with Crippen molar-refractivity contribution in [1.82, 2.24) is 25.3 Å². The number of amides is 1. The van der Waals surface area contributed by atoms with Gasteiger partial charge in [-0.2, -0.15) is 10.2 Å². The highest BCUT2D eigenvalue weighted by molar-refractivity contribution is 8.00. The molecular formula is C23H22ClN5OS. The molecule has 6 nitrogen and oxygen atoms in total. The fourth-order valence-electron chi connectivity index (χ4n) is 3.44. The summed E-state index contributed by atoms with van der Waals surface area (Å²) < 4.78 is 1.90. The van der Waals surface area contributed by atoms with E-state index in [1.807, 2.05) is 73.1 Å². The molecule has 1 N–H and O–H groups in total. The third-order valence-electron chi connectivity index (χ3n) is 4.99. The normalized spacial score (nSPS) is 11.1. The predicted octanol–water partition coefficient (Wildman–Crippen LogP) is 4.54. The number of hydrogen-bond acceptors (Lipinski definition) is 5. The molecule has 0 spiro atoms. The molecule has 0 radical (unpaired) electrons. The van der Waals surface area contributed by atoms with E-state index < -0.39 is 0 Å². The van der Waals surface area contributed by atoms with Crippen LogP contribution in [0.5, 0.6) is 0 Å². The van der Waals surface area contributed by atoms with Gasteiger partial charge in [-0.1, -0.05) is 59.8 Å². The Bertz CT molecular complexity index is 1230. The highest BCUT2D eigenvalue weighted by Gasteiger charge is 2.18. The number of carbonyl (C=O) groups excluding carboxylic acids is 1. The van der Waals surface area contributed by atoms with Gasteiger partial charge in [-0.3, -0.25) is 4.79 Å². The van der Waals surface area contributed by atoms with Crippen LogP contribution in [0, 0.1) is 13.8 Å². The van der Waals surface area contributed by atoms with Crippen molar-refractivity contribution >= 4 is 40.2 Å². The lowest BCUT2D eigenvalue weighted by molar-refractivity contribution is -0.118. The molecule has 4 rings (SSSR count). The first-order chi connectivity index (χ1) is 15.0. The zero-order valence-electron chi connectivity index (χ0n) is 17.3. The molecule has 0 aliphatic rings. The first-order valence-corrected chi connectivity index (χ1v) is 11.3. The zero-order valence-corrected chi connectivity index (χ0v) is 18.9. The second-order valence-corrected chi connectivity index (χ2v) is 8.50. The second-order valence-electron chi connectivity index (χ2n) is 7.13. The van der Waals surface area contributed by atoms with Crippen molar-refractivity contribution in [3.05, 3.63) is 76.6 Å². The minimum atomic E-state index is -0.0632. The average Bonchev–Trinajstić information content (AvgIpc) is 3.13. The highest BCUT2D eigenvalue weighted by Crippen LogP contribution is 2.29. The largest absolute Gasteiger partial charge is 0.355 e. The minimum Gasteiger partial charge on any atom is -0.355 e. The van der Waals surface area contributed by atoms with Gasteiger partial charge < -0.3 is 5.32 Å². The van der Waals surface area contributed by atoms with Gasteiger partial charge in [0.25, 0.3) is 0 Å². The molecule has 31 heavy (non-hydrogen) atoms. The van der Waals surface area contributed by atoms with Crippen LogP contribution in [-0.2, 0) is 11.2 Å². The van der Waals surface area contributed by atoms with Gasteiger partial charge in [0.05, 0.1) is 22.8 Å². The molecule has 0 aliphatic carbocycles. The van der Waals surface area contributed by atoms with Crippen molar-refractivity contribution in [1.29, 1.82) is 0 Å². The maximum Gasteiger partial charge on any atom is 0.230 e. The summed E-state index contributed by atoms with van der Waals surface area (Å²) in [6.07, 6.45) is 0.686. The number of thioether (sulfide) groups is 1. The molecule has 4 aromatic rings. The van der Waals surface area contributed by atoms with Crippen molar-refractivity contribution in [2.24, 2.45) is 0 Å². The summed E-state index contributed by atoms with van der Waals surface area (Å²) in [6.45, 7) is 4.47. The Kier molecular flexibility index (Phi) is 6.53. The van der Waals surface area contributed by atoms with Gasteiger partial charge in [-0.15, -0.1) is 5.10 Å². The molecule has 8 heteroatoms. The number of rotatable bonds is 7. The van der Waals surface area contributed by atoms with Gasteiger partial charge in [-0.25, -0.2) is 4.68 Å². The first-order valence-electron chi connectivity index (χ1n) is 9.95. The van der Waals surface area contributed by atoms with E-state index in [-0.39, 0.29) is 11.7 Å². The monoisotopic (exact) mass is 451 g/mol. The molecule has 1 amide bonds. The summed E-state index contributed by atoms with van der Waals surface area (Å²) in [5.74, 6) is 0.180. The lowest BCUT2D eigenvalue weighted by atomic mass is 10.1. The maximum absolute atomic E-state index is 12.3. The lowest BCUT2D eigenvalue weighted by Crippen LogP contribution is -2.27. The molecule has 0 fully saturated rings. The number of carbonyl (C=O) groups is 1. The summed E-state index contributed by atoms with van der Waals surface area (Å²) in [5.41, 5.74) is 4.58. The van der Waals surface area contributed by atoms with Crippen molar-refractivity contribution in [2.45, 2.75) is 25.3 Å². The number of aryl methyl sites for hydroxylation is 2. The van der Waals surface area contributed by atoms with E-state index in [1.54, 1.807) is 0 Å². The summed E-state index contributed by atoms with van der Waals surface area (Å²) >= 11 is 7.51. The molecule has 0 saturated heterocycles. The Morgan fingerprint density at radius 2 is 1.81 bits per heavy atom. The van der Waals surface area contributed by atoms with E-state index in [1.165, 1.54) is 11.8 Å². The Labute approximate surface area is 190 Å². The van der Waals surface area contributed by atoms with Gasteiger partial charge in [0, 0.05) is 17.0 Å². The Morgan fingerprint density at radius 3 is 2.58 bits per heavy atom. The highest BCUT2D eigenvalue weighted by atomic mass is 35.5. The fraction of sp³-hybridized carbons (Fsp3) is 0.217. The lowest BCUT2D eigenvalue weighted by Gasteiger charge is -2.07. The fourth-order valence-corrected chi connectivity index (χ4v) is 4.42. The van der Waals surface area contributed by atoms with Crippen LogP contribution in [0.25, 0.3) is 16.6 Å². The van der Waals surface area contributed by atoms with Crippen molar-refractivity contribution in [3.63, 3.8) is 0 Å². The first kappa shape index (κ1) is 21.3. The second kappa shape index (κ2) is 9.49. The van der Waals surface area contributed by atoms with E-state index in [0.29, 0.717) is 23.0 Å². The molecule has 0 aliphatic heterocycles. The van der Waals surface area contributed by atoms with Crippen LogP contribution < -0.4 is 5.32 Å². The van der Waals surface area contributed by atoms with Crippen LogP contribution in [0.1, 0.15) is 17.0 Å². The van der Waals surface area contributed by atoms with Crippen LogP contribution in [-0.4, -0.2) is 38.2 Å².